The van der Waals surface area contributed by atoms with Gasteiger partial charge in [-0.3, -0.25) is 0 Å². The monoisotopic (exact) mass is 231 g/mol. The average Bonchev–Trinajstić information content (AvgIpc) is 3.07. The molecule has 2 atom stereocenters. The van der Waals surface area contributed by atoms with Gasteiger partial charge in [-0.05, 0) is 44.1 Å². The molecule has 1 fully saturated rings. The first-order valence-electron chi connectivity index (χ1n) is 6.88. The second-order valence-electron chi connectivity index (χ2n) is 5.91. The van der Waals surface area contributed by atoms with E-state index in [2.05, 4.69) is 57.3 Å². The van der Waals surface area contributed by atoms with Crippen LogP contribution in [0.5, 0.6) is 0 Å². The van der Waals surface area contributed by atoms with Gasteiger partial charge in [0.25, 0.3) is 0 Å². The van der Waals surface area contributed by atoms with Gasteiger partial charge in [-0.25, -0.2) is 0 Å². The smallest absolute Gasteiger partial charge is 0.0320 e. The summed E-state index contributed by atoms with van der Waals surface area (Å²) in [4.78, 5) is 0. The van der Waals surface area contributed by atoms with E-state index in [1.807, 2.05) is 0 Å². The summed E-state index contributed by atoms with van der Waals surface area (Å²) < 4.78 is 0. The van der Waals surface area contributed by atoms with Crippen LogP contribution in [0.2, 0.25) is 0 Å². The number of hydrogen-bond acceptors (Lipinski definition) is 1. The summed E-state index contributed by atoms with van der Waals surface area (Å²) in [6.07, 6.45) is 3.92. The molecule has 94 valence electrons. The van der Waals surface area contributed by atoms with E-state index in [0.717, 1.165) is 6.42 Å². The Morgan fingerprint density at radius 2 is 1.82 bits per heavy atom. The van der Waals surface area contributed by atoms with Crippen LogP contribution < -0.4 is 5.32 Å². The number of rotatable bonds is 5. The normalized spacial score (nSPS) is 20.9. The molecule has 1 aromatic rings. The molecule has 1 nitrogen and oxygen atoms in total. The van der Waals surface area contributed by atoms with Gasteiger partial charge in [0.05, 0.1) is 0 Å². The fraction of sp³-hybridized carbons (Fsp3) is 0.625. The van der Waals surface area contributed by atoms with Crippen LogP contribution in [0.1, 0.15) is 57.2 Å². The van der Waals surface area contributed by atoms with Crippen LogP contribution in [-0.2, 0) is 0 Å². The maximum absolute atomic E-state index is 3.80. The van der Waals surface area contributed by atoms with Gasteiger partial charge in [0.2, 0.25) is 0 Å². The topological polar surface area (TPSA) is 12.0 Å². The summed E-state index contributed by atoms with van der Waals surface area (Å²) in [5.41, 5.74) is 3.32. The molecule has 1 aliphatic carbocycles. The third-order valence-corrected chi connectivity index (χ3v) is 4.42. The number of nitrogens with one attached hydrogen (secondary N) is 1. The fourth-order valence-corrected chi connectivity index (χ4v) is 2.38. The fourth-order valence-electron chi connectivity index (χ4n) is 2.38. The molecule has 17 heavy (non-hydrogen) atoms. The van der Waals surface area contributed by atoms with Gasteiger partial charge in [0, 0.05) is 12.1 Å². The van der Waals surface area contributed by atoms with Crippen molar-refractivity contribution >= 4 is 0 Å². The highest BCUT2D eigenvalue weighted by Crippen LogP contribution is 2.48. The van der Waals surface area contributed by atoms with Gasteiger partial charge in [0.15, 0.2) is 0 Å². The molecule has 1 heteroatoms. The molecule has 1 aromatic carbocycles. The van der Waals surface area contributed by atoms with Crippen LogP contribution in [0.15, 0.2) is 24.3 Å². The Bertz CT molecular complexity index is 362. The lowest BCUT2D eigenvalue weighted by atomic mass is 9.96. The van der Waals surface area contributed by atoms with Gasteiger partial charge in [-0.1, -0.05) is 43.7 Å². The van der Waals surface area contributed by atoms with E-state index in [0.29, 0.717) is 17.5 Å². The molecule has 0 saturated heterocycles. The standard InChI is InChI=1S/C16H25N/c1-5-15(14-8-6-12(2)7-9-14)17-13(3)16(4)10-11-16/h6-9,13,15,17H,5,10-11H2,1-4H3. The largest absolute Gasteiger partial charge is 0.307 e. The first-order valence-corrected chi connectivity index (χ1v) is 6.88. The average molecular weight is 231 g/mol. The van der Waals surface area contributed by atoms with Crippen molar-refractivity contribution in [2.24, 2.45) is 5.41 Å². The Kier molecular flexibility index (Phi) is 3.58. The van der Waals surface area contributed by atoms with Crippen LogP contribution in [0, 0.1) is 12.3 Å². The molecule has 0 spiro atoms. The second-order valence-corrected chi connectivity index (χ2v) is 5.91. The molecule has 0 aliphatic heterocycles. The summed E-state index contributed by atoms with van der Waals surface area (Å²) >= 11 is 0. The maximum atomic E-state index is 3.80. The van der Waals surface area contributed by atoms with Gasteiger partial charge >= 0.3 is 0 Å². The highest BCUT2D eigenvalue weighted by atomic mass is 15.0. The highest BCUT2D eigenvalue weighted by molar-refractivity contribution is 5.24. The van der Waals surface area contributed by atoms with Gasteiger partial charge in [-0.2, -0.15) is 0 Å². The predicted molar refractivity (Wildman–Crippen MR) is 74.1 cm³/mol. The van der Waals surface area contributed by atoms with Crippen molar-refractivity contribution in [1.82, 2.24) is 5.32 Å². The molecule has 1 aliphatic rings. The van der Waals surface area contributed by atoms with Crippen LogP contribution in [0.3, 0.4) is 0 Å². The van der Waals surface area contributed by atoms with Crippen molar-refractivity contribution in [3.63, 3.8) is 0 Å². The molecular formula is C16H25N. The van der Waals surface area contributed by atoms with E-state index < -0.39 is 0 Å². The molecule has 0 aromatic heterocycles. The minimum absolute atomic E-state index is 0.503. The summed E-state index contributed by atoms with van der Waals surface area (Å²) in [6.45, 7) is 9.14. The first-order chi connectivity index (χ1) is 8.05. The number of aryl methyl sites for hydroxylation is 1. The first kappa shape index (κ1) is 12.6. The zero-order valence-corrected chi connectivity index (χ0v) is 11.6. The van der Waals surface area contributed by atoms with Gasteiger partial charge < -0.3 is 5.32 Å². The maximum Gasteiger partial charge on any atom is 0.0320 e. The molecule has 0 bridgehead atoms. The Balaban J connectivity index is 2.03. The number of benzene rings is 1. The quantitative estimate of drug-likeness (QED) is 0.800. The summed E-state index contributed by atoms with van der Waals surface area (Å²) in [7, 11) is 0. The Morgan fingerprint density at radius 3 is 2.29 bits per heavy atom. The summed E-state index contributed by atoms with van der Waals surface area (Å²) in [5, 5.41) is 3.80. The molecule has 0 radical (unpaired) electrons. The third-order valence-electron chi connectivity index (χ3n) is 4.42. The molecule has 0 heterocycles. The molecule has 2 rings (SSSR count). The van der Waals surface area contributed by atoms with Gasteiger partial charge in [0.1, 0.15) is 0 Å². The lowest BCUT2D eigenvalue weighted by Crippen LogP contribution is -2.36. The molecule has 2 unspecified atom stereocenters. The molecule has 0 amide bonds. The van der Waals surface area contributed by atoms with E-state index >= 15 is 0 Å². The van der Waals surface area contributed by atoms with E-state index in [1.54, 1.807) is 0 Å². The van der Waals surface area contributed by atoms with Crippen LogP contribution in [0.4, 0.5) is 0 Å². The van der Waals surface area contributed by atoms with E-state index in [-0.39, 0.29) is 0 Å². The van der Waals surface area contributed by atoms with Crippen molar-refractivity contribution < 1.29 is 0 Å². The van der Waals surface area contributed by atoms with Crippen molar-refractivity contribution in [3.05, 3.63) is 35.4 Å². The zero-order valence-electron chi connectivity index (χ0n) is 11.6. The van der Waals surface area contributed by atoms with Crippen molar-refractivity contribution in [3.8, 4) is 0 Å². The van der Waals surface area contributed by atoms with Crippen molar-refractivity contribution in [2.75, 3.05) is 0 Å². The third kappa shape index (κ3) is 2.90. The zero-order chi connectivity index (χ0) is 12.5. The Labute approximate surface area is 106 Å². The van der Waals surface area contributed by atoms with E-state index in [9.17, 15) is 0 Å². The predicted octanol–water partition coefficient (Wildman–Crippen LogP) is 4.22. The highest BCUT2D eigenvalue weighted by Gasteiger charge is 2.42. The van der Waals surface area contributed by atoms with Gasteiger partial charge in [-0.15, -0.1) is 0 Å². The minimum atomic E-state index is 0.503. The van der Waals surface area contributed by atoms with Crippen molar-refractivity contribution in [1.29, 1.82) is 0 Å². The van der Waals surface area contributed by atoms with Crippen LogP contribution >= 0.6 is 0 Å². The molecule has 1 N–H and O–H groups in total. The Hall–Kier alpha value is -0.820. The summed E-state index contributed by atoms with van der Waals surface area (Å²) in [6, 6.07) is 10.1. The SMILES string of the molecule is CCC(NC(C)C1(C)CC1)c1ccc(C)cc1. The van der Waals surface area contributed by atoms with Crippen molar-refractivity contribution in [2.45, 2.75) is 59.0 Å². The lowest BCUT2D eigenvalue weighted by molar-refractivity contribution is 0.336. The minimum Gasteiger partial charge on any atom is -0.307 e. The molecular weight excluding hydrogens is 206 g/mol. The lowest BCUT2D eigenvalue weighted by Gasteiger charge is -2.27. The summed E-state index contributed by atoms with van der Waals surface area (Å²) in [5.74, 6) is 0. The number of hydrogen-bond donors (Lipinski definition) is 1. The van der Waals surface area contributed by atoms with Crippen LogP contribution in [0.25, 0.3) is 0 Å². The van der Waals surface area contributed by atoms with E-state index in [1.165, 1.54) is 24.0 Å². The Morgan fingerprint density at radius 1 is 1.24 bits per heavy atom. The van der Waals surface area contributed by atoms with E-state index in [4.69, 9.17) is 0 Å². The van der Waals surface area contributed by atoms with Crippen LogP contribution in [-0.4, -0.2) is 6.04 Å². The molecule has 1 saturated carbocycles. The second kappa shape index (κ2) is 4.81.